The van der Waals surface area contributed by atoms with Crippen molar-refractivity contribution in [3.8, 4) is 0 Å². The van der Waals surface area contributed by atoms with E-state index in [-0.39, 0.29) is 0 Å². The Kier molecular flexibility index (Phi) is 2.24. The molecule has 0 heteroatoms. The highest BCUT2D eigenvalue weighted by Gasteiger charge is 2.92. The third kappa shape index (κ3) is 1.05. The van der Waals surface area contributed by atoms with Gasteiger partial charge in [0.1, 0.15) is 0 Å². The summed E-state index contributed by atoms with van der Waals surface area (Å²) in [5, 5.41) is 0. The van der Waals surface area contributed by atoms with Gasteiger partial charge in [0, 0.05) is 0 Å². The van der Waals surface area contributed by atoms with E-state index in [1.807, 2.05) is 0 Å². The van der Waals surface area contributed by atoms with Gasteiger partial charge in [-0.15, -0.1) is 0 Å². The Labute approximate surface area is 148 Å². The number of hydrogen-bond acceptors (Lipinski definition) is 0. The molecule has 0 N–H and O–H groups in total. The summed E-state index contributed by atoms with van der Waals surface area (Å²) < 4.78 is 0. The van der Waals surface area contributed by atoms with Crippen LogP contribution in [0.1, 0.15) is 116 Å². The van der Waals surface area contributed by atoms with Crippen molar-refractivity contribution in [1.82, 2.24) is 0 Å². The maximum atomic E-state index is 1.66. The lowest BCUT2D eigenvalue weighted by Crippen LogP contribution is -2.66. The van der Waals surface area contributed by atoms with Gasteiger partial charge in [0.25, 0.3) is 0 Å². The molecular formula is C24H36. The normalized spacial score (nSPS) is 54.0. The smallest absolute Gasteiger partial charge is 0.0173 e. The van der Waals surface area contributed by atoms with E-state index in [0.29, 0.717) is 0 Å². The van der Waals surface area contributed by atoms with Crippen LogP contribution in [0.4, 0.5) is 0 Å². The van der Waals surface area contributed by atoms with Crippen molar-refractivity contribution >= 4 is 0 Å². The fraction of sp³-hybridized carbons (Fsp3) is 1.00. The van der Waals surface area contributed by atoms with E-state index in [0.717, 1.165) is 32.5 Å². The minimum atomic E-state index is 0.836. The molecule has 0 saturated heterocycles. The summed E-state index contributed by atoms with van der Waals surface area (Å²) in [7, 11) is 0. The Balaban J connectivity index is 1.54. The van der Waals surface area contributed by atoms with Crippen LogP contribution in [-0.2, 0) is 0 Å². The van der Waals surface area contributed by atoms with Gasteiger partial charge in [-0.25, -0.2) is 0 Å². The van der Waals surface area contributed by atoms with E-state index in [4.69, 9.17) is 0 Å². The summed E-state index contributed by atoms with van der Waals surface area (Å²) in [5.74, 6) is 0. The Hall–Kier alpha value is 0. The fourth-order valence-corrected chi connectivity index (χ4v) is 11.8. The summed E-state index contributed by atoms with van der Waals surface area (Å²) in [6.45, 7) is 0. The van der Waals surface area contributed by atoms with Gasteiger partial charge in [0.15, 0.2) is 0 Å². The molecule has 0 atom stereocenters. The largest absolute Gasteiger partial charge is 0.0527 e. The molecule has 24 heavy (non-hydrogen) atoms. The van der Waals surface area contributed by atoms with Crippen LogP contribution in [0.15, 0.2) is 0 Å². The predicted octanol–water partition coefficient (Wildman–Crippen LogP) is 7.02. The van der Waals surface area contributed by atoms with Crippen LogP contribution in [-0.4, -0.2) is 0 Å². The molecule has 0 amide bonds. The molecule has 6 spiro atoms. The molecule has 0 radical (unpaired) electrons. The van der Waals surface area contributed by atoms with Gasteiger partial charge in [0.2, 0.25) is 0 Å². The van der Waals surface area contributed by atoms with Crippen LogP contribution in [0.2, 0.25) is 0 Å². The van der Waals surface area contributed by atoms with Crippen LogP contribution < -0.4 is 0 Å². The third-order valence-electron chi connectivity index (χ3n) is 12.1. The average molecular weight is 328 g/mol. The van der Waals surface area contributed by atoms with Gasteiger partial charge >= 0.3 is 0 Å². The lowest BCUT2D eigenvalue weighted by Gasteiger charge is -2.71. The van der Waals surface area contributed by atoms with Crippen molar-refractivity contribution in [3.05, 3.63) is 0 Å². The van der Waals surface area contributed by atoms with Crippen LogP contribution in [0.3, 0.4) is 0 Å². The third-order valence-corrected chi connectivity index (χ3v) is 12.1. The van der Waals surface area contributed by atoms with E-state index >= 15 is 0 Å². The topological polar surface area (TPSA) is 0 Å². The van der Waals surface area contributed by atoms with Crippen molar-refractivity contribution in [2.24, 2.45) is 32.5 Å². The lowest BCUT2D eigenvalue weighted by atomic mass is 9.34. The van der Waals surface area contributed by atoms with Gasteiger partial charge in [-0.1, -0.05) is 38.5 Å². The molecule has 7 aliphatic rings. The maximum absolute atomic E-state index is 1.66. The Morgan fingerprint density at radius 3 is 0.542 bits per heavy atom. The molecule has 7 aliphatic carbocycles. The highest BCUT2D eigenvalue weighted by atomic mass is 15.1. The molecule has 132 valence electrons. The Bertz CT molecular complexity index is 470. The molecule has 0 aromatic heterocycles. The molecule has 0 heterocycles. The zero-order valence-electron chi connectivity index (χ0n) is 15.7. The van der Waals surface area contributed by atoms with E-state index in [1.165, 1.54) is 0 Å². The van der Waals surface area contributed by atoms with Gasteiger partial charge in [-0.05, 0) is 110 Å². The van der Waals surface area contributed by atoms with E-state index < -0.39 is 0 Å². The predicted molar refractivity (Wildman–Crippen MR) is 97.7 cm³/mol. The number of hydrogen-bond donors (Lipinski definition) is 0. The van der Waals surface area contributed by atoms with E-state index in [1.54, 1.807) is 116 Å². The SMILES string of the molecule is C1CCC2(C1)C1(C[13CH2]1)C1(CCCC1)C1(C[13CH2]1)C1(CCCC1)C21C[13CH2]1. The first-order valence-corrected chi connectivity index (χ1v) is 11.7. The first-order chi connectivity index (χ1) is 11.7. The van der Waals surface area contributed by atoms with Crippen LogP contribution >= 0.6 is 0 Å². The minimum Gasteiger partial charge on any atom is -0.0527 e. The highest BCUT2D eigenvalue weighted by molar-refractivity contribution is 5.40. The molecule has 0 nitrogen and oxygen atoms in total. The molecule has 0 unspecified atom stereocenters. The lowest BCUT2D eigenvalue weighted by molar-refractivity contribution is -0.240. The minimum absolute atomic E-state index is 0.836. The molecule has 7 saturated carbocycles. The van der Waals surface area contributed by atoms with Gasteiger partial charge in [-0.3, -0.25) is 0 Å². The van der Waals surface area contributed by atoms with Crippen LogP contribution in [0.25, 0.3) is 0 Å². The number of rotatable bonds is 0. The second-order valence-electron chi connectivity index (χ2n) is 11.6. The van der Waals surface area contributed by atoms with Gasteiger partial charge in [0.05, 0.1) is 0 Å². The standard InChI is InChI=1S/C24H36/c1-2-8-19(7-1)22(13-14-22)20(9-3-4-10-20)24(17-18-24)21(11-5-6-12-21)23(19)15-16-23/h1-18H2/i13+1,15+1,17+1. The van der Waals surface area contributed by atoms with Gasteiger partial charge < -0.3 is 0 Å². The summed E-state index contributed by atoms with van der Waals surface area (Å²) in [5.41, 5.74) is 5.07. The quantitative estimate of drug-likeness (QED) is 0.419. The van der Waals surface area contributed by atoms with Crippen molar-refractivity contribution < 1.29 is 0 Å². The van der Waals surface area contributed by atoms with Crippen LogP contribution in [0, 0.1) is 32.5 Å². The fourth-order valence-electron chi connectivity index (χ4n) is 11.8. The molecular weight excluding hydrogens is 291 g/mol. The highest BCUT2D eigenvalue weighted by Crippen LogP contribution is 3.00. The summed E-state index contributed by atoms with van der Waals surface area (Å²) >= 11 is 0. The van der Waals surface area contributed by atoms with Gasteiger partial charge in [-0.2, -0.15) is 0 Å². The Morgan fingerprint density at radius 1 is 0.208 bits per heavy atom. The van der Waals surface area contributed by atoms with E-state index in [9.17, 15) is 0 Å². The average Bonchev–Trinajstić information content (AvgIpc) is 3.60. The van der Waals surface area contributed by atoms with Crippen molar-refractivity contribution in [3.63, 3.8) is 0 Å². The monoisotopic (exact) mass is 327 g/mol. The Morgan fingerprint density at radius 2 is 0.375 bits per heavy atom. The summed E-state index contributed by atoms with van der Waals surface area (Å²) in [4.78, 5) is 0. The summed E-state index contributed by atoms with van der Waals surface area (Å²) in [6, 6.07) is 0. The van der Waals surface area contributed by atoms with E-state index in [2.05, 4.69) is 0 Å². The molecule has 0 aliphatic heterocycles. The first-order valence-electron chi connectivity index (χ1n) is 11.7. The zero-order valence-corrected chi connectivity index (χ0v) is 15.7. The molecule has 0 aromatic rings. The zero-order chi connectivity index (χ0) is 15.7. The van der Waals surface area contributed by atoms with Crippen molar-refractivity contribution in [1.29, 1.82) is 0 Å². The van der Waals surface area contributed by atoms with Crippen LogP contribution in [0.5, 0.6) is 0 Å². The van der Waals surface area contributed by atoms with Crippen molar-refractivity contribution in [2.45, 2.75) is 116 Å². The second-order valence-corrected chi connectivity index (χ2v) is 11.6. The summed E-state index contributed by atoms with van der Waals surface area (Å²) in [6.07, 6.45) is 29.4. The maximum Gasteiger partial charge on any atom is -0.0173 e. The molecule has 7 rings (SSSR count). The second kappa shape index (κ2) is 3.82. The number of fused-ring (bicyclic) bond motifs is 6. The van der Waals surface area contributed by atoms with Crippen molar-refractivity contribution in [2.75, 3.05) is 0 Å². The molecule has 0 bridgehead atoms. The first kappa shape index (κ1) is 14.1. The molecule has 7 fully saturated rings. The molecule has 0 aromatic carbocycles.